The molecule has 0 saturated heterocycles. The number of H-pyrrole nitrogens is 1. The fourth-order valence-electron chi connectivity index (χ4n) is 3.85. The number of thiocarbonyl (C=S) groups is 1. The number of nitrogens with one attached hydrogen (secondary N) is 2. The predicted octanol–water partition coefficient (Wildman–Crippen LogP) is 5.02. The second-order valence-corrected chi connectivity index (χ2v) is 8.38. The molecule has 0 aliphatic rings. The van der Waals surface area contributed by atoms with E-state index in [0.717, 1.165) is 61.2 Å². The highest BCUT2D eigenvalue weighted by atomic mass is 32.1. The monoisotopic (exact) mass is 450 g/mol. The number of anilines is 1. The fraction of sp³-hybridized carbons (Fsp3) is 0.385. The number of rotatable bonds is 10. The molecule has 3 aromatic rings. The Morgan fingerprint density at radius 3 is 2.44 bits per heavy atom. The minimum Gasteiger partial charge on any atom is -0.344 e. The first-order valence-corrected chi connectivity index (χ1v) is 11.9. The van der Waals surface area contributed by atoms with Crippen LogP contribution in [0.4, 0.5) is 5.69 Å². The van der Waals surface area contributed by atoms with E-state index >= 15 is 0 Å². The lowest BCUT2D eigenvalue weighted by Crippen LogP contribution is -2.38. The van der Waals surface area contributed by atoms with Crippen molar-refractivity contribution >= 4 is 33.9 Å². The Hall–Kier alpha value is -2.70. The third-order valence-corrected chi connectivity index (χ3v) is 6.22. The molecule has 3 rings (SSSR count). The first-order chi connectivity index (χ1) is 15.5. The molecular formula is C26H34N4OS. The summed E-state index contributed by atoms with van der Waals surface area (Å²) in [7, 11) is 0. The second kappa shape index (κ2) is 11.8. The third kappa shape index (κ3) is 6.40. The smallest absolute Gasteiger partial charge is 0.253 e. The van der Waals surface area contributed by atoms with Gasteiger partial charge in [0.15, 0.2) is 5.11 Å². The van der Waals surface area contributed by atoms with Crippen LogP contribution in [0.5, 0.6) is 0 Å². The lowest BCUT2D eigenvalue weighted by atomic mass is 10.1. The van der Waals surface area contributed by atoms with Gasteiger partial charge in [-0.1, -0.05) is 45.0 Å². The summed E-state index contributed by atoms with van der Waals surface area (Å²) >= 11 is 5.76. The summed E-state index contributed by atoms with van der Waals surface area (Å²) in [6.07, 6.45) is 1.94. The van der Waals surface area contributed by atoms with Crippen LogP contribution in [0.15, 0.2) is 59.4 Å². The summed E-state index contributed by atoms with van der Waals surface area (Å²) in [6.45, 7) is 10.8. The molecule has 0 bridgehead atoms. The average Bonchev–Trinajstić information content (AvgIpc) is 2.81. The molecular weight excluding hydrogens is 416 g/mol. The lowest BCUT2D eigenvalue weighted by molar-refractivity contribution is 0.281. The number of hydrogen-bond donors (Lipinski definition) is 2. The third-order valence-electron chi connectivity index (χ3n) is 5.86. The Kier molecular flexibility index (Phi) is 8.82. The maximum Gasteiger partial charge on any atom is 0.253 e. The molecule has 0 amide bonds. The van der Waals surface area contributed by atoms with Gasteiger partial charge in [0.05, 0.1) is 6.54 Å². The first kappa shape index (κ1) is 24.0. The summed E-state index contributed by atoms with van der Waals surface area (Å²) < 4.78 is 0. The number of aryl methyl sites for hydroxylation is 1. The Bertz CT molecular complexity index is 1080. The van der Waals surface area contributed by atoms with Gasteiger partial charge in [-0.3, -0.25) is 4.79 Å². The number of hydrogen-bond acceptors (Lipinski definition) is 3. The van der Waals surface area contributed by atoms with E-state index < -0.39 is 0 Å². The Morgan fingerprint density at radius 1 is 1.00 bits per heavy atom. The van der Waals surface area contributed by atoms with Gasteiger partial charge in [0.1, 0.15) is 0 Å². The summed E-state index contributed by atoms with van der Waals surface area (Å²) in [6, 6.07) is 18.2. The average molecular weight is 451 g/mol. The van der Waals surface area contributed by atoms with Crippen LogP contribution in [-0.2, 0) is 13.0 Å². The molecule has 0 aliphatic heterocycles. The van der Waals surface area contributed by atoms with Crippen molar-refractivity contribution in [1.29, 1.82) is 0 Å². The van der Waals surface area contributed by atoms with E-state index in [2.05, 4.69) is 53.0 Å². The van der Waals surface area contributed by atoms with Crippen LogP contribution in [0.25, 0.3) is 10.9 Å². The number of aromatic nitrogens is 1. The second-order valence-electron chi connectivity index (χ2n) is 8.00. The molecule has 2 aromatic carbocycles. The molecule has 2 N–H and O–H groups in total. The standard InChI is InChI=1S/C26H34N4OS/c1-4-20-13-14-24-21(17-20)18-22(25(31)28-24)19-30(16-10-15-29(5-2)6-3)26(32)27-23-11-8-7-9-12-23/h7-9,11-14,17-18H,4-6,10,15-16,19H2,1-3H3,(H,27,32)(H,28,31). The van der Waals surface area contributed by atoms with Crippen molar-refractivity contribution in [2.45, 2.75) is 40.2 Å². The number of fused-ring (bicyclic) bond motifs is 1. The highest BCUT2D eigenvalue weighted by molar-refractivity contribution is 7.80. The Labute approximate surface area is 196 Å². The van der Waals surface area contributed by atoms with Crippen LogP contribution in [0.1, 0.15) is 38.3 Å². The molecule has 6 heteroatoms. The molecule has 0 radical (unpaired) electrons. The first-order valence-electron chi connectivity index (χ1n) is 11.5. The van der Waals surface area contributed by atoms with Crippen LogP contribution < -0.4 is 10.9 Å². The van der Waals surface area contributed by atoms with Crippen LogP contribution in [0.3, 0.4) is 0 Å². The highest BCUT2D eigenvalue weighted by Gasteiger charge is 2.14. The predicted molar refractivity (Wildman–Crippen MR) is 139 cm³/mol. The number of para-hydroxylation sites is 1. The zero-order chi connectivity index (χ0) is 22.9. The summed E-state index contributed by atoms with van der Waals surface area (Å²) in [5.74, 6) is 0. The van der Waals surface area contributed by atoms with E-state index in [9.17, 15) is 4.79 Å². The molecule has 1 heterocycles. The van der Waals surface area contributed by atoms with Gasteiger partial charge in [0, 0.05) is 23.3 Å². The molecule has 0 saturated carbocycles. The maximum absolute atomic E-state index is 12.8. The molecule has 0 unspecified atom stereocenters. The van der Waals surface area contributed by atoms with Crippen molar-refractivity contribution in [1.82, 2.24) is 14.8 Å². The topological polar surface area (TPSA) is 51.4 Å². The maximum atomic E-state index is 12.8. The quantitative estimate of drug-likeness (QED) is 0.425. The number of nitrogens with zero attached hydrogens (tertiary/aromatic N) is 2. The number of aromatic amines is 1. The van der Waals surface area contributed by atoms with E-state index in [1.54, 1.807) is 0 Å². The molecule has 5 nitrogen and oxygen atoms in total. The molecule has 0 aliphatic carbocycles. The fourth-order valence-corrected chi connectivity index (χ4v) is 4.12. The Morgan fingerprint density at radius 2 is 1.75 bits per heavy atom. The van der Waals surface area contributed by atoms with E-state index in [0.29, 0.717) is 11.7 Å². The van der Waals surface area contributed by atoms with E-state index in [-0.39, 0.29) is 5.56 Å². The number of benzene rings is 2. The van der Waals surface area contributed by atoms with Gasteiger partial charge in [-0.05, 0) is 86.0 Å². The van der Waals surface area contributed by atoms with Gasteiger partial charge in [0.2, 0.25) is 0 Å². The summed E-state index contributed by atoms with van der Waals surface area (Å²) in [5.41, 5.74) is 3.75. The highest BCUT2D eigenvalue weighted by Crippen LogP contribution is 2.16. The van der Waals surface area contributed by atoms with E-state index in [1.165, 1.54) is 5.56 Å². The van der Waals surface area contributed by atoms with Crippen molar-refractivity contribution in [3.05, 3.63) is 76.1 Å². The van der Waals surface area contributed by atoms with E-state index in [4.69, 9.17) is 12.2 Å². The van der Waals surface area contributed by atoms with Crippen molar-refractivity contribution in [2.24, 2.45) is 0 Å². The minimum atomic E-state index is -0.0574. The molecule has 0 fully saturated rings. The van der Waals surface area contributed by atoms with Gasteiger partial charge >= 0.3 is 0 Å². The zero-order valence-corrected chi connectivity index (χ0v) is 20.2. The molecule has 0 atom stereocenters. The van der Waals surface area contributed by atoms with Gasteiger partial charge in [-0.15, -0.1) is 0 Å². The van der Waals surface area contributed by atoms with Crippen molar-refractivity contribution < 1.29 is 0 Å². The molecule has 0 spiro atoms. The SMILES string of the molecule is CCc1ccc2[nH]c(=O)c(CN(CCCN(CC)CC)C(=S)Nc3ccccc3)cc2c1. The lowest BCUT2D eigenvalue weighted by Gasteiger charge is -2.27. The van der Waals surface area contributed by atoms with Gasteiger partial charge in [0.25, 0.3) is 5.56 Å². The molecule has 32 heavy (non-hydrogen) atoms. The van der Waals surface area contributed by atoms with Gasteiger partial charge in [-0.25, -0.2) is 0 Å². The van der Waals surface area contributed by atoms with Crippen LogP contribution in [0.2, 0.25) is 0 Å². The van der Waals surface area contributed by atoms with Crippen molar-refractivity contribution in [2.75, 3.05) is 31.5 Å². The number of pyridine rings is 1. The summed E-state index contributed by atoms with van der Waals surface area (Å²) in [5, 5.41) is 5.03. The van der Waals surface area contributed by atoms with Crippen molar-refractivity contribution in [3.8, 4) is 0 Å². The normalized spacial score (nSPS) is 11.1. The van der Waals surface area contributed by atoms with Crippen LogP contribution in [0, 0.1) is 0 Å². The van der Waals surface area contributed by atoms with Crippen LogP contribution in [-0.4, -0.2) is 46.1 Å². The minimum absolute atomic E-state index is 0.0574. The van der Waals surface area contributed by atoms with Crippen molar-refractivity contribution in [3.63, 3.8) is 0 Å². The molecule has 170 valence electrons. The zero-order valence-electron chi connectivity index (χ0n) is 19.4. The molecule has 1 aromatic heterocycles. The van der Waals surface area contributed by atoms with Gasteiger partial charge in [-0.2, -0.15) is 0 Å². The Balaban J connectivity index is 1.82. The van der Waals surface area contributed by atoms with Crippen LogP contribution >= 0.6 is 12.2 Å². The van der Waals surface area contributed by atoms with Gasteiger partial charge < -0.3 is 20.1 Å². The van der Waals surface area contributed by atoms with E-state index in [1.807, 2.05) is 42.5 Å². The summed E-state index contributed by atoms with van der Waals surface area (Å²) in [4.78, 5) is 20.4. The largest absolute Gasteiger partial charge is 0.344 e.